The van der Waals surface area contributed by atoms with Gasteiger partial charge >= 0.3 is 6.03 Å². The molecule has 0 aliphatic carbocycles. The van der Waals surface area contributed by atoms with Gasteiger partial charge in [0.1, 0.15) is 11.6 Å². The number of fused-ring (bicyclic) bond motifs is 1. The van der Waals surface area contributed by atoms with Crippen molar-refractivity contribution < 1.29 is 4.79 Å². The van der Waals surface area contributed by atoms with E-state index in [9.17, 15) is 4.79 Å². The van der Waals surface area contributed by atoms with Crippen LogP contribution in [0.15, 0.2) is 30.3 Å². The number of anilines is 1. The Morgan fingerprint density at radius 3 is 2.53 bits per heavy atom. The zero-order valence-corrected chi connectivity index (χ0v) is 20.4. The van der Waals surface area contributed by atoms with Gasteiger partial charge < -0.3 is 9.47 Å². The highest BCUT2D eigenvalue weighted by Gasteiger charge is 2.35. The molecule has 1 saturated heterocycles. The van der Waals surface area contributed by atoms with Crippen LogP contribution in [0.3, 0.4) is 0 Å². The lowest BCUT2D eigenvalue weighted by atomic mass is 9.92. The number of urea groups is 1. The molecule has 0 radical (unpaired) electrons. The van der Waals surface area contributed by atoms with Crippen LogP contribution in [0.1, 0.15) is 78.9 Å². The Bertz CT molecular complexity index is 1130. The molecule has 2 amide bonds. The number of benzene rings is 1. The predicted octanol–water partition coefficient (Wildman–Crippen LogP) is 5.67. The van der Waals surface area contributed by atoms with Crippen molar-refractivity contribution in [3.8, 4) is 0 Å². The van der Waals surface area contributed by atoms with Crippen LogP contribution in [0, 0.1) is 0 Å². The fourth-order valence-electron chi connectivity index (χ4n) is 4.49. The third-order valence-corrected chi connectivity index (χ3v) is 6.16. The number of para-hydroxylation sites is 2. The summed E-state index contributed by atoms with van der Waals surface area (Å²) in [5, 5.41) is 8.01. The van der Waals surface area contributed by atoms with Crippen LogP contribution in [-0.2, 0) is 17.5 Å². The van der Waals surface area contributed by atoms with Gasteiger partial charge in [-0.2, -0.15) is 5.10 Å². The first-order valence-corrected chi connectivity index (χ1v) is 11.6. The van der Waals surface area contributed by atoms with Crippen molar-refractivity contribution >= 4 is 22.9 Å². The smallest absolute Gasteiger partial charge is 0.323 e. The molecule has 0 spiro atoms. The van der Waals surface area contributed by atoms with E-state index >= 15 is 0 Å². The predicted molar refractivity (Wildman–Crippen MR) is 129 cm³/mol. The Morgan fingerprint density at radius 2 is 1.88 bits per heavy atom. The Kier molecular flexibility index (Phi) is 5.55. The van der Waals surface area contributed by atoms with E-state index in [1.54, 1.807) is 0 Å². The van der Waals surface area contributed by atoms with Crippen molar-refractivity contribution in [3.63, 3.8) is 0 Å². The maximum absolute atomic E-state index is 13.5. The molecule has 3 heterocycles. The molecule has 0 bridgehead atoms. The summed E-state index contributed by atoms with van der Waals surface area (Å²) in [6.45, 7) is 16.4. The third-order valence-electron chi connectivity index (χ3n) is 6.16. The van der Waals surface area contributed by atoms with Gasteiger partial charge in [-0.3, -0.25) is 5.32 Å². The van der Waals surface area contributed by atoms with Crippen molar-refractivity contribution in [2.24, 2.45) is 0 Å². The monoisotopic (exact) mass is 436 g/mol. The van der Waals surface area contributed by atoms with E-state index in [0.717, 1.165) is 54.3 Å². The van der Waals surface area contributed by atoms with Crippen LogP contribution in [0.5, 0.6) is 0 Å². The number of imidazole rings is 1. The Morgan fingerprint density at radius 1 is 1.16 bits per heavy atom. The second kappa shape index (κ2) is 7.94. The van der Waals surface area contributed by atoms with E-state index in [4.69, 9.17) is 10.1 Å². The van der Waals surface area contributed by atoms with Crippen molar-refractivity contribution in [1.29, 1.82) is 0 Å². The molecule has 1 aliphatic rings. The molecule has 2 aromatic heterocycles. The lowest BCUT2D eigenvalue weighted by Gasteiger charge is -2.27. The topological polar surface area (TPSA) is 68.0 Å². The second-order valence-electron chi connectivity index (χ2n) is 10.7. The highest BCUT2D eigenvalue weighted by Crippen LogP contribution is 2.35. The van der Waals surface area contributed by atoms with Gasteiger partial charge in [-0.15, -0.1) is 0 Å². The summed E-state index contributed by atoms with van der Waals surface area (Å²) in [4.78, 5) is 20.3. The molecule has 1 unspecified atom stereocenters. The van der Waals surface area contributed by atoms with Gasteiger partial charge in [-0.1, -0.05) is 32.9 Å². The molecule has 1 aliphatic heterocycles. The number of hydrogen-bond acceptors (Lipinski definition) is 3. The molecule has 1 N–H and O–H groups in total. The Balaban J connectivity index is 1.65. The van der Waals surface area contributed by atoms with Crippen LogP contribution < -0.4 is 5.32 Å². The molecule has 1 fully saturated rings. The third kappa shape index (κ3) is 4.00. The number of rotatable bonds is 3. The molecule has 7 nitrogen and oxygen atoms in total. The SMILES string of the molecule is CCn1c(C2CCCN2C(=O)Nc2cc(C(C)(C)C)nn2C(C)(C)C)nc2ccccc21. The standard InChI is InChI=1S/C25H36N6O/c1-8-29-18-13-10-9-12-17(18)26-22(29)19-14-11-15-30(19)23(32)27-21-16-20(24(2,3)4)28-31(21)25(5,6)7/h9-10,12-13,16,19H,8,11,14-15H2,1-7H3,(H,27,32). The average molecular weight is 437 g/mol. The number of carbonyl (C=O) groups is 1. The lowest BCUT2D eigenvalue weighted by molar-refractivity contribution is 0.203. The maximum Gasteiger partial charge on any atom is 0.323 e. The number of aryl methyl sites for hydroxylation is 1. The van der Waals surface area contributed by atoms with Crippen molar-refractivity contribution in [3.05, 3.63) is 41.9 Å². The molecule has 3 aromatic rings. The normalized spacial score (nSPS) is 17.3. The molecule has 1 aromatic carbocycles. The van der Waals surface area contributed by atoms with Crippen LogP contribution in [0.25, 0.3) is 11.0 Å². The van der Waals surface area contributed by atoms with Crippen LogP contribution in [0.4, 0.5) is 10.6 Å². The lowest BCUT2D eigenvalue weighted by Crippen LogP contribution is -2.37. The molecular weight excluding hydrogens is 400 g/mol. The Labute approximate surface area is 190 Å². The fraction of sp³-hybridized carbons (Fsp3) is 0.560. The van der Waals surface area contributed by atoms with Gasteiger partial charge in [-0.25, -0.2) is 14.5 Å². The molecular formula is C25H36N6O. The zero-order chi connectivity index (χ0) is 23.3. The number of amides is 2. The molecule has 4 rings (SSSR count). The minimum absolute atomic E-state index is 0.0320. The van der Waals surface area contributed by atoms with Gasteiger partial charge in [0.05, 0.1) is 28.3 Å². The molecule has 172 valence electrons. The first-order chi connectivity index (χ1) is 15.0. The van der Waals surface area contributed by atoms with E-state index in [2.05, 4.69) is 64.4 Å². The number of nitrogens with zero attached hydrogens (tertiary/aromatic N) is 5. The van der Waals surface area contributed by atoms with Gasteiger partial charge in [0, 0.05) is 24.6 Å². The Hall–Kier alpha value is -2.83. The number of carbonyl (C=O) groups excluding carboxylic acids is 1. The van der Waals surface area contributed by atoms with Crippen LogP contribution in [0.2, 0.25) is 0 Å². The van der Waals surface area contributed by atoms with E-state index in [1.165, 1.54) is 0 Å². The highest BCUT2D eigenvalue weighted by molar-refractivity contribution is 5.89. The number of aromatic nitrogens is 4. The second-order valence-corrected chi connectivity index (χ2v) is 10.7. The quantitative estimate of drug-likeness (QED) is 0.575. The summed E-state index contributed by atoms with van der Waals surface area (Å²) < 4.78 is 4.17. The van der Waals surface area contributed by atoms with Gasteiger partial charge in [-0.05, 0) is 52.7 Å². The van der Waals surface area contributed by atoms with E-state index in [1.807, 2.05) is 33.8 Å². The number of hydrogen-bond donors (Lipinski definition) is 1. The molecule has 1 atom stereocenters. The first-order valence-electron chi connectivity index (χ1n) is 11.6. The van der Waals surface area contributed by atoms with E-state index in [-0.39, 0.29) is 23.0 Å². The molecule has 32 heavy (non-hydrogen) atoms. The van der Waals surface area contributed by atoms with E-state index < -0.39 is 0 Å². The number of likely N-dealkylation sites (tertiary alicyclic amines) is 1. The molecule has 0 saturated carbocycles. The fourth-order valence-corrected chi connectivity index (χ4v) is 4.49. The van der Waals surface area contributed by atoms with Gasteiger partial charge in [0.15, 0.2) is 0 Å². The van der Waals surface area contributed by atoms with Crippen molar-refractivity contribution in [2.75, 3.05) is 11.9 Å². The summed E-state index contributed by atoms with van der Waals surface area (Å²) in [6.07, 6.45) is 1.89. The zero-order valence-electron chi connectivity index (χ0n) is 20.4. The van der Waals surface area contributed by atoms with Crippen LogP contribution in [-0.4, -0.2) is 36.8 Å². The number of nitrogens with one attached hydrogen (secondary N) is 1. The summed E-state index contributed by atoms with van der Waals surface area (Å²) in [5.74, 6) is 1.71. The summed E-state index contributed by atoms with van der Waals surface area (Å²) in [5.41, 5.74) is 2.73. The summed E-state index contributed by atoms with van der Waals surface area (Å²) in [6, 6.07) is 10.1. The van der Waals surface area contributed by atoms with Crippen molar-refractivity contribution in [2.45, 2.75) is 84.8 Å². The minimum Gasteiger partial charge on any atom is -0.327 e. The van der Waals surface area contributed by atoms with Crippen molar-refractivity contribution in [1.82, 2.24) is 24.2 Å². The summed E-state index contributed by atoms with van der Waals surface area (Å²) >= 11 is 0. The van der Waals surface area contributed by atoms with Gasteiger partial charge in [0.2, 0.25) is 0 Å². The highest BCUT2D eigenvalue weighted by atomic mass is 16.2. The van der Waals surface area contributed by atoms with Gasteiger partial charge in [0.25, 0.3) is 0 Å². The molecule has 7 heteroatoms. The summed E-state index contributed by atoms with van der Waals surface area (Å²) in [7, 11) is 0. The average Bonchev–Trinajstić information content (AvgIpc) is 3.42. The van der Waals surface area contributed by atoms with Crippen LogP contribution >= 0.6 is 0 Å². The largest absolute Gasteiger partial charge is 0.327 e. The first kappa shape index (κ1) is 22.4. The maximum atomic E-state index is 13.5. The van der Waals surface area contributed by atoms with E-state index in [0.29, 0.717) is 0 Å². The minimum atomic E-state index is -0.243.